The van der Waals surface area contributed by atoms with E-state index < -0.39 is 0 Å². The molecule has 0 atom stereocenters. The molecule has 1 fully saturated rings. The van der Waals surface area contributed by atoms with Gasteiger partial charge in [-0.1, -0.05) is 36.4 Å². The van der Waals surface area contributed by atoms with Gasteiger partial charge in [-0.2, -0.15) is 0 Å². The van der Waals surface area contributed by atoms with Crippen molar-refractivity contribution >= 4 is 22.7 Å². The SMILES string of the molecule is O=C(COCCOc1ccccc1)N1CCN(C(=O)Cc2c[nH]c3ccccc23)CC1. The zero-order chi connectivity index (χ0) is 21.5. The van der Waals surface area contributed by atoms with E-state index in [-0.39, 0.29) is 18.4 Å². The number of aromatic nitrogens is 1. The summed E-state index contributed by atoms with van der Waals surface area (Å²) in [7, 11) is 0. The average molecular weight is 421 g/mol. The third kappa shape index (κ3) is 5.44. The van der Waals surface area contributed by atoms with Crippen molar-refractivity contribution in [1.82, 2.24) is 14.8 Å². The molecule has 0 bridgehead atoms. The highest BCUT2D eigenvalue weighted by Gasteiger charge is 2.24. The van der Waals surface area contributed by atoms with Gasteiger partial charge in [0.25, 0.3) is 0 Å². The summed E-state index contributed by atoms with van der Waals surface area (Å²) in [6, 6.07) is 17.5. The lowest BCUT2D eigenvalue weighted by Gasteiger charge is -2.34. The lowest BCUT2D eigenvalue weighted by Crippen LogP contribution is -2.51. The smallest absolute Gasteiger partial charge is 0.248 e. The minimum absolute atomic E-state index is 0.0292. The van der Waals surface area contributed by atoms with E-state index in [1.165, 1.54) is 0 Å². The van der Waals surface area contributed by atoms with E-state index in [2.05, 4.69) is 4.98 Å². The van der Waals surface area contributed by atoms with Crippen molar-refractivity contribution in [2.24, 2.45) is 0 Å². The Morgan fingerprint density at radius 3 is 2.29 bits per heavy atom. The molecule has 31 heavy (non-hydrogen) atoms. The van der Waals surface area contributed by atoms with E-state index >= 15 is 0 Å². The fourth-order valence-electron chi connectivity index (χ4n) is 3.74. The minimum Gasteiger partial charge on any atom is -0.491 e. The molecule has 0 unspecified atom stereocenters. The summed E-state index contributed by atoms with van der Waals surface area (Å²) >= 11 is 0. The Kier molecular flexibility index (Phi) is 6.84. The number of amides is 2. The lowest BCUT2D eigenvalue weighted by molar-refractivity contribution is -0.142. The van der Waals surface area contributed by atoms with Crippen LogP contribution in [0.4, 0.5) is 0 Å². The number of benzene rings is 2. The number of hydrogen-bond acceptors (Lipinski definition) is 4. The van der Waals surface area contributed by atoms with Crippen LogP contribution in [-0.2, 0) is 20.7 Å². The largest absolute Gasteiger partial charge is 0.491 e. The number of ether oxygens (including phenoxy) is 2. The molecule has 1 saturated heterocycles. The Hall–Kier alpha value is -3.32. The van der Waals surface area contributed by atoms with Gasteiger partial charge in [-0.05, 0) is 23.8 Å². The van der Waals surface area contributed by atoms with Gasteiger partial charge in [0, 0.05) is 43.3 Å². The first-order valence-corrected chi connectivity index (χ1v) is 10.6. The topological polar surface area (TPSA) is 74.9 Å². The van der Waals surface area contributed by atoms with Gasteiger partial charge in [0.2, 0.25) is 11.8 Å². The lowest BCUT2D eigenvalue weighted by atomic mass is 10.1. The maximum Gasteiger partial charge on any atom is 0.248 e. The molecule has 1 aliphatic heterocycles. The van der Waals surface area contributed by atoms with Crippen LogP contribution in [0.25, 0.3) is 10.9 Å². The van der Waals surface area contributed by atoms with E-state index in [4.69, 9.17) is 9.47 Å². The number of nitrogens with zero attached hydrogens (tertiary/aromatic N) is 2. The second kappa shape index (κ2) is 10.1. The van der Waals surface area contributed by atoms with Crippen molar-refractivity contribution in [2.45, 2.75) is 6.42 Å². The molecular formula is C24H27N3O4. The highest BCUT2D eigenvalue weighted by Crippen LogP contribution is 2.19. The molecule has 0 aliphatic carbocycles. The van der Waals surface area contributed by atoms with Crippen molar-refractivity contribution in [3.8, 4) is 5.75 Å². The number of rotatable bonds is 8. The number of piperazine rings is 1. The van der Waals surface area contributed by atoms with Crippen LogP contribution in [0.1, 0.15) is 5.56 Å². The number of carbonyl (C=O) groups is 2. The van der Waals surface area contributed by atoms with E-state index in [9.17, 15) is 9.59 Å². The van der Waals surface area contributed by atoms with Crippen molar-refractivity contribution in [2.75, 3.05) is 46.0 Å². The number of nitrogens with one attached hydrogen (secondary N) is 1. The summed E-state index contributed by atoms with van der Waals surface area (Å²) < 4.78 is 11.0. The predicted molar refractivity (Wildman–Crippen MR) is 118 cm³/mol. The molecule has 0 spiro atoms. The van der Waals surface area contributed by atoms with Crippen LogP contribution < -0.4 is 4.74 Å². The molecule has 3 aromatic rings. The van der Waals surface area contributed by atoms with Crippen LogP contribution in [0.3, 0.4) is 0 Å². The Bertz CT molecular complexity index is 1010. The van der Waals surface area contributed by atoms with Gasteiger partial charge in [-0.3, -0.25) is 9.59 Å². The van der Waals surface area contributed by atoms with Crippen molar-refractivity contribution in [1.29, 1.82) is 0 Å². The van der Waals surface area contributed by atoms with Gasteiger partial charge in [-0.15, -0.1) is 0 Å². The Balaban J connectivity index is 1.16. The van der Waals surface area contributed by atoms with E-state index in [0.717, 1.165) is 22.2 Å². The van der Waals surface area contributed by atoms with Gasteiger partial charge in [0.15, 0.2) is 0 Å². The summed E-state index contributed by atoms with van der Waals surface area (Å²) in [4.78, 5) is 31.9. The number of para-hydroxylation sites is 2. The van der Waals surface area contributed by atoms with Crippen molar-refractivity contribution in [3.63, 3.8) is 0 Å². The molecule has 1 aliphatic rings. The van der Waals surface area contributed by atoms with Crippen LogP contribution in [0.2, 0.25) is 0 Å². The van der Waals surface area contributed by atoms with Crippen LogP contribution >= 0.6 is 0 Å². The molecule has 4 rings (SSSR count). The van der Waals surface area contributed by atoms with E-state index in [0.29, 0.717) is 45.8 Å². The van der Waals surface area contributed by atoms with Crippen LogP contribution in [0.5, 0.6) is 5.75 Å². The molecular weight excluding hydrogens is 394 g/mol. The number of carbonyl (C=O) groups excluding carboxylic acids is 2. The highest BCUT2D eigenvalue weighted by molar-refractivity contribution is 5.89. The van der Waals surface area contributed by atoms with Gasteiger partial charge < -0.3 is 24.3 Å². The number of hydrogen-bond donors (Lipinski definition) is 1. The monoisotopic (exact) mass is 421 g/mol. The first-order valence-electron chi connectivity index (χ1n) is 10.6. The molecule has 162 valence electrons. The molecule has 7 nitrogen and oxygen atoms in total. The second-order valence-electron chi connectivity index (χ2n) is 7.51. The standard InChI is InChI=1S/C24H27N3O4/c28-23(16-19-17-25-22-9-5-4-8-21(19)22)26-10-12-27(13-11-26)24(29)18-30-14-15-31-20-6-2-1-3-7-20/h1-9,17,25H,10-16,18H2. The fraction of sp³-hybridized carbons (Fsp3) is 0.333. The maximum absolute atomic E-state index is 12.7. The Morgan fingerprint density at radius 2 is 1.52 bits per heavy atom. The molecule has 2 aromatic carbocycles. The van der Waals surface area contributed by atoms with Gasteiger partial charge in [0.1, 0.15) is 19.0 Å². The summed E-state index contributed by atoms with van der Waals surface area (Å²) in [6.07, 6.45) is 2.27. The number of fused-ring (bicyclic) bond motifs is 1. The molecule has 7 heteroatoms. The summed E-state index contributed by atoms with van der Waals surface area (Å²) in [6.45, 7) is 2.93. The van der Waals surface area contributed by atoms with Crippen LogP contribution in [0, 0.1) is 0 Å². The quantitative estimate of drug-likeness (QED) is 0.567. The molecule has 2 amide bonds. The summed E-state index contributed by atoms with van der Waals surface area (Å²) in [5.74, 6) is 0.820. The summed E-state index contributed by atoms with van der Waals surface area (Å²) in [5, 5.41) is 1.08. The van der Waals surface area contributed by atoms with Gasteiger partial charge in [-0.25, -0.2) is 0 Å². The van der Waals surface area contributed by atoms with Crippen LogP contribution in [-0.4, -0.2) is 72.6 Å². The first-order chi connectivity index (χ1) is 15.2. The Morgan fingerprint density at radius 1 is 0.839 bits per heavy atom. The first kappa shape index (κ1) is 20.9. The van der Waals surface area contributed by atoms with Crippen molar-refractivity contribution in [3.05, 3.63) is 66.4 Å². The molecule has 0 radical (unpaired) electrons. The van der Waals surface area contributed by atoms with E-state index in [1.807, 2.05) is 65.7 Å². The number of aromatic amines is 1. The second-order valence-corrected chi connectivity index (χ2v) is 7.51. The average Bonchev–Trinajstić information content (AvgIpc) is 3.22. The zero-order valence-electron chi connectivity index (χ0n) is 17.5. The predicted octanol–water partition coefficient (Wildman–Crippen LogP) is 2.48. The number of H-pyrrole nitrogens is 1. The molecule has 0 saturated carbocycles. The third-order valence-corrected chi connectivity index (χ3v) is 5.47. The third-order valence-electron chi connectivity index (χ3n) is 5.47. The maximum atomic E-state index is 12.7. The van der Waals surface area contributed by atoms with Gasteiger partial charge >= 0.3 is 0 Å². The Labute approximate surface area is 181 Å². The van der Waals surface area contributed by atoms with E-state index in [1.54, 1.807) is 4.90 Å². The normalized spacial score (nSPS) is 14.1. The van der Waals surface area contributed by atoms with Crippen LogP contribution in [0.15, 0.2) is 60.8 Å². The minimum atomic E-state index is -0.0524. The highest BCUT2D eigenvalue weighted by atomic mass is 16.5. The van der Waals surface area contributed by atoms with Crippen molar-refractivity contribution < 1.29 is 19.1 Å². The molecule has 1 aromatic heterocycles. The molecule has 1 N–H and O–H groups in total. The fourth-order valence-corrected chi connectivity index (χ4v) is 3.74. The molecule has 2 heterocycles. The summed E-state index contributed by atoms with van der Waals surface area (Å²) in [5.41, 5.74) is 2.04. The zero-order valence-corrected chi connectivity index (χ0v) is 17.5. The van der Waals surface area contributed by atoms with Gasteiger partial charge in [0.05, 0.1) is 13.0 Å².